The maximum absolute atomic E-state index is 12.8. The molecule has 0 saturated carbocycles. The minimum atomic E-state index is -0.613. The molecule has 1 aromatic carbocycles. The van der Waals surface area contributed by atoms with Gasteiger partial charge in [-0.05, 0) is 17.7 Å². The van der Waals surface area contributed by atoms with E-state index in [9.17, 15) is 8.78 Å². The van der Waals surface area contributed by atoms with Gasteiger partial charge in [-0.1, -0.05) is 5.21 Å². The smallest absolute Gasteiger partial charge is 0.165 e. The number of benzene rings is 1. The largest absolute Gasteiger partial charge is 0.381 e. The molecular weight excluding hydrogens is 202 g/mol. The van der Waals surface area contributed by atoms with E-state index in [1.807, 2.05) is 0 Å². The molecule has 0 unspecified atom stereocenters. The van der Waals surface area contributed by atoms with Gasteiger partial charge in [-0.15, -0.1) is 5.10 Å². The molecule has 0 aliphatic carbocycles. The first-order valence-corrected chi connectivity index (χ1v) is 4.24. The van der Waals surface area contributed by atoms with Crippen molar-refractivity contribution < 1.29 is 8.78 Å². The van der Waals surface area contributed by atoms with E-state index in [-0.39, 0.29) is 12.4 Å². The molecule has 2 aromatic rings. The molecule has 0 saturated heterocycles. The van der Waals surface area contributed by atoms with Gasteiger partial charge in [0.25, 0.3) is 0 Å². The number of nitrogen functional groups attached to an aromatic ring is 1. The van der Waals surface area contributed by atoms with Crippen LogP contribution in [0.1, 0.15) is 5.56 Å². The number of aromatic nitrogens is 3. The van der Waals surface area contributed by atoms with Crippen molar-refractivity contribution in [2.24, 2.45) is 0 Å². The topological polar surface area (TPSA) is 56.7 Å². The number of hydrogen-bond acceptors (Lipinski definition) is 3. The van der Waals surface area contributed by atoms with Crippen LogP contribution in [-0.4, -0.2) is 15.0 Å². The molecule has 0 atom stereocenters. The minimum absolute atomic E-state index is 0.235. The van der Waals surface area contributed by atoms with Crippen LogP contribution in [0.4, 0.5) is 14.6 Å². The Bertz CT molecular complexity index is 460. The Morgan fingerprint density at radius 1 is 1.20 bits per heavy atom. The van der Waals surface area contributed by atoms with E-state index in [2.05, 4.69) is 10.3 Å². The van der Waals surface area contributed by atoms with E-state index >= 15 is 0 Å². The fourth-order valence-electron chi connectivity index (χ4n) is 1.28. The normalized spacial score (nSPS) is 10.5. The fraction of sp³-hybridized carbons (Fsp3) is 0.111. The van der Waals surface area contributed by atoms with Crippen molar-refractivity contribution in [1.82, 2.24) is 15.0 Å². The van der Waals surface area contributed by atoms with E-state index in [1.165, 1.54) is 23.0 Å². The number of halogens is 2. The summed E-state index contributed by atoms with van der Waals surface area (Å²) < 4.78 is 27.1. The standard InChI is InChI=1S/C9H8F2N4/c10-7-1-6(2-8(11)3-7)4-15-5-9(12)13-14-15/h1-3,5H,4,12H2. The zero-order valence-corrected chi connectivity index (χ0v) is 7.69. The van der Waals surface area contributed by atoms with E-state index in [1.54, 1.807) is 0 Å². The van der Waals surface area contributed by atoms with E-state index in [0.717, 1.165) is 6.07 Å². The molecule has 6 heteroatoms. The predicted octanol–water partition coefficient (Wildman–Crippen LogP) is 1.19. The lowest BCUT2D eigenvalue weighted by Crippen LogP contribution is -2.01. The number of anilines is 1. The Labute approximate surface area is 84.3 Å². The zero-order chi connectivity index (χ0) is 10.8. The van der Waals surface area contributed by atoms with Crippen LogP contribution in [0.2, 0.25) is 0 Å². The molecule has 0 radical (unpaired) electrons. The molecule has 1 aromatic heterocycles. The summed E-state index contributed by atoms with van der Waals surface area (Å²) in [7, 11) is 0. The first-order valence-electron chi connectivity index (χ1n) is 4.24. The quantitative estimate of drug-likeness (QED) is 0.809. The third-order valence-corrected chi connectivity index (χ3v) is 1.82. The van der Waals surface area contributed by atoms with Crippen LogP contribution in [0, 0.1) is 11.6 Å². The average molecular weight is 210 g/mol. The highest BCUT2D eigenvalue weighted by molar-refractivity contribution is 5.22. The Morgan fingerprint density at radius 2 is 1.87 bits per heavy atom. The van der Waals surface area contributed by atoms with Crippen LogP contribution in [0.5, 0.6) is 0 Å². The second kappa shape index (κ2) is 3.64. The minimum Gasteiger partial charge on any atom is -0.381 e. The molecule has 0 spiro atoms. The Balaban J connectivity index is 2.24. The van der Waals surface area contributed by atoms with Gasteiger partial charge in [0, 0.05) is 6.07 Å². The number of nitrogens with zero attached hydrogens (tertiary/aromatic N) is 3. The molecule has 15 heavy (non-hydrogen) atoms. The highest BCUT2D eigenvalue weighted by Gasteiger charge is 2.02. The van der Waals surface area contributed by atoms with Crippen molar-refractivity contribution in [3.05, 3.63) is 41.6 Å². The Hall–Kier alpha value is -1.98. The van der Waals surface area contributed by atoms with Gasteiger partial charge in [-0.2, -0.15) is 0 Å². The van der Waals surface area contributed by atoms with Crippen molar-refractivity contribution in [1.29, 1.82) is 0 Å². The van der Waals surface area contributed by atoms with Crippen LogP contribution in [0.3, 0.4) is 0 Å². The fourth-order valence-corrected chi connectivity index (χ4v) is 1.28. The summed E-state index contributed by atoms with van der Waals surface area (Å²) in [4.78, 5) is 0. The molecule has 2 rings (SSSR count). The molecule has 4 nitrogen and oxygen atoms in total. The monoisotopic (exact) mass is 210 g/mol. The van der Waals surface area contributed by atoms with Crippen molar-refractivity contribution in [3.8, 4) is 0 Å². The van der Waals surface area contributed by atoms with Gasteiger partial charge >= 0.3 is 0 Å². The average Bonchev–Trinajstić information content (AvgIpc) is 2.49. The van der Waals surface area contributed by atoms with Gasteiger partial charge in [-0.25, -0.2) is 13.5 Å². The predicted molar refractivity (Wildman–Crippen MR) is 49.9 cm³/mol. The summed E-state index contributed by atoms with van der Waals surface area (Å²) in [6.45, 7) is 0.235. The van der Waals surface area contributed by atoms with Gasteiger partial charge in [0.2, 0.25) is 0 Å². The highest BCUT2D eigenvalue weighted by Crippen LogP contribution is 2.09. The molecular formula is C9H8F2N4. The third-order valence-electron chi connectivity index (χ3n) is 1.82. The molecule has 78 valence electrons. The summed E-state index contributed by atoms with van der Waals surface area (Å²) in [6.07, 6.45) is 1.49. The van der Waals surface area contributed by atoms with Gasteiger partial charge < -0.3 is 5.73 Å². The van der Waals surface area contributed by atoms with Gasteiger partial charge in [0.05, 0.1) is 12.7 Å². The molecule has 0 amide bonds. The van der Waals surface area contributed by atoms with Gasteiger partial charge in [0.15, 0.2) is 5.82 Å². The maximum atomic E-state index is 12.8. The molecule has 0 aliphatic heterocycles. The molecule has 1 heterocycles. The van der Waals surface area contributed by atoms with Crippen LogP contribution in [-0.2, 0) is 6.54 Å². The second-order valence-corrected chi connectivity index (χ2v) is 3.12. The molecule has 0 bridgehead atoms. The lowest BCUT2D eigenvalue weighted by Gasteiger charge is -2.01. The molecule has 0 aliphatic rings. The first kappa shape index (κ1) is 9.57. The van der Waals surface area contributed by atoms with E-state index in [4.69, 9.17) is 5.73 Å². The number of rotatable bonds is 2. The summed E-state index contributed by atoms with van der Waals surface area (Å²) in [5.41, 5.74) is 5.82. The molecule has 2 N–H and O–H groups in total. The number of hydrogen-bond donors (Lipinski definition) is 1. The number of nitrogens with two attached hydrogens (primary N) is 1. The summed E-state index contributed by atoms with van der Waals surface area (Å²) >= 11 is 0. The lowest BCUT2D eigenvalue weighted by atomic mass is 10.2. The van der Waals surface area contributed by atoms with Crippen LogP contribution in [0.15, 0.2) is 24.4 Å². The molecule has 0 fully saturated rings. The van der Waals surface area contributed by atoms with E-state index in [0.29, 0.717) is 5.56 Å². The van der Waals surface area contributed by atoms with Crippen molar-refractivity contribution >= 4 is 5.82 Å². The summed E-state index contributed by atoms with van der Waals surface area (Å²) in [5, 5.41) is 7.23. The van der Waals surface area contributed by atoms with Crippen LogP contribution < -0.4 is 5.73 Å². The summed E-state index contributed by atoms with van der Waals surface area (Å²) in [5.74, 6) is -0.956. The second-order valence-electron chi connectivity index (χ2n) is 3.12. The van der Waals surface area contributed by atoms with Crippen molar-refractivity contribution in [2.75, 3.05) is 5.73 Å². The summed E-state index contributed by atoms with van der Waals surface area (Å²) in [6, 6.07) is 3.29. The first-order chi connectivity index (χ1) is 7.13. The van der Waals surface area contributed by atoms with Crippen LogP contribution in [0.25, 0.3) is 0 Å². The lowest BCUT2D eigenvalue weighted by molar-refractivity contribution is 0.572. The maximum Gasteiger partial charge on any atom is 0.165 e. The highest BCUT2D eigenvalue weighted by atomic mass is 19.1. The van der Waals surface area contributed by atoms with Crippen LogP contribution >= 0.6 is 0 Å². The van der Waals surface area contributed by atoms with Gasteiger partial charge in [0.1, 0.15) is 11.6 Å². The van der Waals surface area contributed by atoms with Crippen molar-refractivity contribution in [3.63, 3.8) is 0 Å². The van der Waals surface area contributed by atoms with Gasteiger partial charge in [-0.3, -0.25) is 0 Å². The SMILES string of the molecule is Nc1cn(Cc2cc(F)cc(F)c2)nn1. The van der Waals surface area contributed by atoms with Crippen molar-refractivity contribution in [2.45, 2.75) is 6.54 Å². The zero-order valence-electron chi connectivity index (χ0n) is 7.69. The third kappa shape index (κ3) is 2.28. The Kier molecular flexibility index (Phi) is 2.32. The Morgan fingerprint density at radius 3 is 2.40 bits per heavy atom. The van der Waals surface area contributed by atoms with E-state index < -0.39 is 11.6 Å².